The number of nitrogens with zero attached hydrogens (tertiary/aromatic N) is 1. The van der Waals surface area contributed by atoms with E-state index in [4.69, 9.17) is 4.74 Å². The van der Waals surface area contributed by atoms with E-state index < -0.39 is 0 Å². The van der Waals surface area contributed by atoms with Crippen molar-refractivity contribution in [2.24, 2.45) is 5.92 Å². The second kappa shape index (κ2) is 8.25. The van der Waals surface area contributed by atoms with Gasteiger partial charge in [-0.2, -0.15) is 0 Å². The van der Waals surface area contributed by atoms with E-state index in [1.54, 1.807) is 7.11 Å². The molecule has 5 heteroatoms. The molecule has 1 aliphatic heterocycles. The summed E-state index contributed by atoms with van der Waals surface area (Å²) in [5.74, 6) is 1.22. The van der Waals surface area contributed by atoms with E-state index in [1.807, 2.05) is 30.0 Å². The molecule has 1 aromatic rings. The van der Waals surface area contributed by atoms with Crippen LogP contribution in [0.25, 0.3) is 0 Å². The molecule has 1 amide bonds. The highest BCUT2D eigenvalue weighted by atomic mass is 35.5. The standard InChI is InChI=1S/C16H24N2O2.ClH/c1-4-18(16(19)14-8-9-17-11-14)12(2)13-6-5-7-15(10-13)20-3;/h5-7,10,12,14,17H,4,8-9,11H2,1-3H3;1H. The molecule has 118 valence electrons. The monoisotopic (exact) mass is 312 g/mol. The molecule has 1 saturated heterocycles. The van der Waals surface area contributed by atoms with Crippen LogP contribution in [0.5, 0.6) is 5.75 Å². The number of hydrogen-bond donors (Lipinski definition) is 1. The van der Waals surface area contributed by atoms with Crippen molar-refractivity contribution in [1.29, 1.82) is 0 Å². The van der Waals surface area contributed by atoms with Gasteiger partial charge in [-0.3, -0.25) is 4.79 Å². The first-order valence-electron chi connectivity index (χ1n) is 7.32. The minimum absolute atomic E-state index is 0. The van der Waals surface area contributed by atoms with E-state index in [0.29, 0.717) is 0 Å². The smallest absolute Gasteiger partial charge is 0.227 e. The Balaban J connectivity index is 0.00000220. The Morgan fingerprint density at radius 3 is 2.86 bits per heavy atom. The Bertz CT molecular complexity index is 461. The van der Waals surface area contributed by atoms with Crippen molar-refractivity contribution in [2.45, 2.75) is 26.3 Å². The topological polar surface area (TPSA) is 41.6 Å². The number of methoxy groups -OCH3 is 1. The van der Waals surface area contributed by atoms with Crippen molar-refractivity contribution in [1.82, 2.24) is 10.2 Å². The van der Waals surface area contributed by atoms with E-state index in [1.165, 1.54) is 0 Å². The first-order valence-corrected chi connectivity index (χ1v) is 7.32. The maximum absolute atomic E-state index is 12.6. The van der Waals surface area contributed by atoms with Gasteiger partial charge in [0.15, 0.2) is 0 Å². The Morgan fingerprint density at radius 1 is 1.52 bits per heavy atom. The highest BCUT2D eigenvalue weighted by Gasteiger charge is 2.29. The number of halogens is 1. The van der Waals surface area contributed by atoms with Crippen LogP contribution in [0.1, 0.15) is 31.9 Å². The summed E-state index contributed by atoms with van der Waals surface area (Å²) in [6.07, 6.45) is 0.945. The van der Waals surface area contributed by atoms with E-state index in [2.05, 4.69) is 18.3 Å². The second-order valence-corrected chi connectivity index (χ2v) is 5.27. The van der Waals surface area contributed by atoms with E-state index in [9.17, 15) is 4.79 Å². The van der Waals surface area contributed by atoms with Crippen molar-refractivity contribution < 1.29 is 9.53 Å². The van der Waals surface area contributed by atoms with Gasteiger partial charge in [-0.05, 0) is 44.5 Å². The van der Waals surface area contributed by atoms with Crippen molar-refractivity contribution in [3.05, 3.63) is 29.8 Å². The summed E-state index contributed by atoms with van der Waals surface area (Å²) >= 11 is 0. The number of ether oxygens (including phenoxy) is 1. The molecular formula is C16H25ClN2O2. The summed E-state index contributed by atoms with van der Waals surface area (Å²) in [7, 11) is 1.66. The molecule has 21 heavy (non-hydrogen) atoms. The Morgan fingerprint density at radius 2 is 2.29 bits per heavy atom. The van der Waals surface area contributed by atoms with Crippen LogP contribution in [0.2, 0.25) is 0 Å². The van der Waals surface area contributed by atoms with Gasteiger partial charge in [0.05, 0.1) is 19.1 Å². The van der Waals surface area contributed by atoms with Crippen molar-refractivity contribution in [2.75, 3.05) is 26.7 Å². The molecule has 0 bridgehead atoms. The van der Waals surface area contributed by atoms with Gasteiger partial charge in [-0.25, -0.2) is 0 Å². The highest BCUT2D eigenvalue weighted by Crippen LogP contribution is 2.26. The molecule has 1 N–H and O–H groups in total. The zero-order valence-electron chi connectivity index (χ0n) is 13.0. The van der Waals surface area contributed by atoms with Gasteiger partial charge in [0.1, 0.15) is 5.75 Å². The van der Waals surface area contributed by atoms with E-state index in [-0.39, 0.29) is 30.3 Å². The lowest BCUT2D eigenvalue weighted by Gasteiger charge is -2.30. The minimum atomic E-state index is 0. The molecule has 4 nitrogen and oxygen atoms in total. The Labute approximate surface area is 133 Å². The number of hydrogen-bond acceptors (Lipinski definition) is 3. The summed E-state index contributed by atoms with van der Waals surface area (Å²) in [5.41, 5.74) is 1.12. The van der Waals surface area contributed by atoms with Crippen LogP contribution in [0, 0.1) is 5.92 Å². The van der Waals surface area contributed by atoms with Crippen LogP contribution in [-0.4, -0.2) is 37.6 Å². The van der Waals surface area contributed by atoms with Crippen LogP contribution < -0.4 is 10.1 Å². The highest BCUT2D eigenvalue weighted by molar-refractivity contribution is 5.85. The quantitative estimate of drug-likeness (QED) is 0.909. The fourth-order valence-corrected chi connectivity index (χ4v) is 2.80. The van der Waals surface area contributed by atoms with Gasteiger partial charge in [0, 0.05) is 13.1 Å². The van der Waals surface area contributed by atoms with Gasteiger partial charge < -0.3 is 15.0 Å². The van der Waals surface area contributed by atoms with Crippen molar-refractivity contribution in [3.63, 3.8) is 0 Å². The Hall–Kier alpha value is -1.26. The number of rotatable bonds is 5. The molecule has 1 heterocycles. The average Bonchev–Trinajstić information content (AvgIpc) is 3.02. The van der Waals surface area contributed by atoms with E-state index >= 15 is 0 Å². The number of carbonyl (C=O) groups excluding carboxylic acids is 1. The third-order valence-electron chi connectivity index (χ3n) is 4.08. The average molecular weight is 313 g/mol. The fourth-order valence-electron chi connectivity index (χ4n) is 2.80. The number of carbonyl (C=O) groups is 1. The molecule has 0 spiro atoms. The molecule has 0 aromatic heterocycles. The van der Waals surface area contributed by atoms with Crippen LogP contribution in [0.15, 0.2) is 24.3 Å². The maximum atomic E-state index is 12.6. The van der Waals surface area contributed by atoms with Gasteiger partial charge >= 0.3 is 0 Å². The largest absolute Gasteiger partial charge is 0.497 e. The zero-order valence-corrected chi connectivity index (χ0v) is 13.8. The molecule has 2 atom stereocenters. The molecule has 1 aliphatic rings. The molecule has 1 aromatic carbocycles. The molecule has 2 rings (SSSR count). The summed E-state index contributed by atoms with van der Waals surface area (Å²) in [4.78, 5) is 14.6. The van der Waals surface area contributed by atoms with Gasteiger partial charge in [0.25, 0.3) is 0 Å². The SMILES string of the molecule is CCN(C(=O)C1CCNC1)C(C)c1cccc(OC)c1.Cl. The first kappa shape index (κ1) is 17.8. The Kier molecular flexibility index (Phi) is 6.99. The molecule has 0 saturated carbocycles. The first-order chi connectivity index (χ1) is 9.67. The zero-order chi connectivity index (χ0) is 14.5. The summed E-state index contributed by atoms with van der Waals surface area (Å²) < 4.78 is 5.27. The van der Waals surface area contributed by atoms with E-state index in [0.717, 1.165) is 37.4 Å². The van der Waals surface area contributed by atoms with Gasteiger partial charge in [-0.15, -0.1) is 12.4 Å². The van der Waals surface area contributed by atoms with Crippen LogP contribution in [0.4, 0.5) is 0 Å². The number of amides is 1. The van der Waals surface area contributed by atoms with Crippen LogP contribution in [0.3, 0.4) is 0 Å². The minimum Gasteiger partial charge on any atom is -0.497 e. The van der Waals surface area contributed by atoms with Crippen molar-refractivity contribution >= 4 is 18.3 Å². The lowest BCUT2D eigenvalue weighted by atomic mass is 10.0. The molecular weight excluding hydrogens is 288 g/mol. The van der Waals surface area contributed by atoms with Crippen molar-refractivity contribution in [3.8, 4) is 5.75 Å². The molecule has 2 unspecified atom stereocenters. The predicted molar refractivity (Wildman–Crippen MR) is 87.0 cm³/mol. The third kappa shape index (κ3) is 4.11. The maximum Gasteiger partial charge on any atom is 0.227 e. The lowest BCUT2D eigenvalue weighted by molar-refractivity contribution is -0.136. The van der Waals surface area contributed by atoms with Gasteiger partial charge in [-0.1, -0.05) is 12.1 Å². The van der Waals surface area contributed by atoms with Crippen LogP contribution in [-0.2, 0) is 4.79 Å². The molecule has 0 aliphatic carbocycles. The third-order valence-corrected chi connectivity index (χ3v) is 4.08. The predicted octanol–water partition coefficient (Wildman–Crippen LogP) is 2.64. The fraction of sp³-hybridized carbons (Fsp3) is 0.562. The number of benzene rings is 1. The summed E-state index contributed by atoms with van der Waals surface area (Å²) in [5, 5.41) is 3.26. The molecule has 1 fully saturated rings. The van der Waals surface area contributed by atoms with Crippen LogP contribution >= 0.6 is 12.4 Å². The normalized spacial score (nSPS) is 18.7. The number of nitrogens with one attached hydrogen (secondary N) is 1. The molecule has 0 radical (unpaired) electrons. The summed E-state index contributed by atoms with van der Waals surface area (Å²) in [6, 6.07) is 8.03. The summed E-state index contributed by atoms with van der Waals surface area (Å²) in [6.45, 7) is 6.60. The second-order valence-electron chi connectivity index (χ2n) is 5.27. The lowest BCUT2D eigenvalue weighted by Crippen LogP contribution is -2.38. The van der Waals surface area contributed by atoms with Gasteiger partial charge in [0.2, 0.25) is 5.91 Å².